The Bertz CT molecular complexity index is 660. The second-order valence-electron chi connectivity index (χ2n) is 5.66. The maximum Gasteiger partial charge on any atom is 0.290 e. The lowest BCUT2D eigenvalue weighted by molar-refractivity contribution is -0.129. The van der Waals surface area contributed by atoms with E-state index >= 15 is 0 Å². The van der Waals surface area contributed by atoms with E-state index in [0.29, 0.717) is 12.3 Å². The summed E-state index contributed by atoms with van der Waals surface area (Å²) in [5.74, 6) is 0.727. The molecule has 3 heterocycles. The Morgan fingerprint density at radius 3 is 2.88 bits per heavy atom. The van der Waals surface area contributed by atoms with Crippen molar-refractivity contribution in [1.29, 1.82) is 0 Å². The Morgan fingerprint density at radius 1 is 1.46 bits per heavy atom. The number of hydrogen-bond acceptors (Lipinski definition) is 5. The summed E-state index contributed by atoms with van der Waals surface area (Å²) in [6, 6.07) is 6.01. The van der Waals surface area contributed by atoms with Crippen LogP contribution in [0.5, 0.6) is 0 Å². The summed E-state index contributed by atoms with van der Waals surface area (Å²) in [4.78, 5) is 31.4. The molecule has 1 amide bonds. The quantitative estimate of drug-likeness (QED) is 0.857. The lowest BCUT2D eigenvalue weighted by atomic mass is 10.0. The van der Waals surface area contributed by atoms with Gasteiger partial charge in [-0.25, -0.2) is 4.98 Å². The Labute approximate surface area is 145 Å². The van der Waals surface area contributed by atoms with Gasteiger partial charge in [0, 0.05) is 30.4 Å². The lowest BCUT2D eigenvalue weighted by Crippen LogP contribution is -2.30. The molecule has 2 aromatic rings. The third kappa shape index (κ3) is 5.42. The first-order valence-electron chi connectivity index (χ1n) is 7.79. The van der Waals surface area contributed by atoms with Crippen LogP contribution in [0.15, 0.2) is 29.8 Å². The first-order chi connectivity index (χ1) is 11.6. The van der Waals surface area contributed by atoms with E-state index in [2.05, 4.69) is 16.0 Å². The highest BCUT2D eigenvalue weighted by Gasteiger charge is 2.26. The van der Waals surface area contributed by atoms with Crippen LogP contribution in [0.4, 0.5) is 0 Å². The molecule has 0 spiro atoms. The van der Waals surface area contributed by atoms with Gasteiger partial charge in [-0.1, -0.05) is 6.07 Å². The van der Waals surface area contributed by atoms with Crippen molar-refractivity contribution in [1.82, 2.24) is 14.9 Å². The van der Waals surface area contributed by atoms with Gasteiger partial charge in [-0.2, -0.15) is 0 Å². The highest BCUT2D eigenvalue weighted by atomic mass is 32.1. The van der Waals surface area contributed by atoms with E-state index in [0.717, 1.165) is 42.3 Å². The average molecular weight is 347 g/mol. The van der Waals surface area contributed by atoms with Gasteiger partial charge in [0.1, 0.15) is 0 Å². The molecule has 1 aliphatic heterocycles. The van der Waals surface area contributed by atoms with Crippen LogP contribution < -0.4 is 0 Å². The summed E-state index contributed by atoms with van der Waals surface area (Å²) in [5.41, 5.74) is 2.02. The smallest absolute Gasteiger partial charge is 0.290 e. The number of aryl methyl sites for hydroxylation is 1. The highest BCUT2D eigenvalue weighted by Crippen LogP contribution is 2.21. The molecule has 1 saturated heterocycles. The molecule has 0 radical (unpaired) electrons. The number of pyridine rings is 1. The predicted molar refractivity (Wildman–Crippen MR) is 91.9 cm³/mol. The van der Waals surface area contributed by atoms with Gasteiger partial charge in [-0.3, -0.25) is 14.6 Å². The van der Waals surface area contributed by atoms with Crippen molar-refractivity contribution in [3.8, 4) is 0 Å². The van der Waals surface area contributed by atoms with Gasteiger partial charge in [0.15, 0.2) is 0 Å². The van der Waals surface area contributed by atoms with Crippen LogP contribution in [-0.4, -0.2) is 45.4 Å². The van der Waals surface area contributed by atoms with E-state index in [1.54, 1.807) is 11.3 Å². The minimum Gasteiger partial charge on any atom is -0.483 e. The van der Waals surface area contributed by atoms with Crippen LogP contribution >= 0.6 is 11.3 Å². The Morgan fingerprint density at radius 2 is 2.25 bits per heavy atom. The molecule has 0 bridgehead atoms. The number of carbonyl (C=O) groups excluding carboxylic acids is 1. The van der Waals surface area contributed by atoms with E-state index in [9.17, 15) is 4.79 Å². The molecule has 1 fully saturated rings. The molecular formula is C17H21N3O3S. The van der Waals surface area contributed by atoms with Gasteiger partial charge in [0.25, 0.3) is 6.47 Å². The molecule has 128 valence electrons. The van der Waals surface area contributed by atoms with Gasteiger partial charge in [0.2, 0.25) is 5.91 Å². The summed E-state index contributed by atoms with van der Waals surface area (Å²) >= 11 is 1.60. The topological polar surface area (TPSA) is 83.4 Å². The Hall–Kier alpha value is -2.28. The molecule has 1 aliphatic rings. The summed E-state index contributed by atoms with van der Waals surface area (Å²) in [5, 5.41) is 9.89. The standard InChI is InChI=1S/C16H19N3OS.CH2O2/c1-12-18-15(11-21-12)9-16(20)19-7-5-13(10-19)8-14-4-2-3-6-17-14;2-1-3/h2-4,6,11,13H,5,7-10H2,1H3;1H,(H,2,3). The number of nitrogens with zero attached hydrogens (tertiary/aromatic N) is 3. The number of hydrogen-bond donors (Lipinski definition) is 1. The van der Waals surface area contributed by atoms with Crippen molar-refractivity contribution in [3.05, 3.63) is 46.2 Å². The molecule has 1 atom stereocenters. The molecule has 2 aromatic heterocycles. The third-order valence-corrected chi connectivity index (χ3v) is 4.68. The third-order valence-electron chi connectivity index (χ3n) is 3.86. The Kier molecular flexibility index (Phi) is 6.87. The minimum atomic E-state index is -0.250. The van der Waals surface area contributed by atoms with Crippen LogP contribution in [-0.2, 0) is 22.4 Å². The fourth-order valence-electron chi connectivity index (χ4n) is 2.80. The zero-order chi connectivity index (χ0) is 17.4. The fraction of sp³-hybridized carbons (Fsp3) is 0.412. The molecule has 0 aliphatic carbocycles. The molecule has 0 saturated carbocycles. The van der Waals surface area contributed by atoms with E-state index in [1.807, 2.05) is 35.5 Å². The zero-order valence-corrected chi connectivity index (χ0v) is 14.4. The summed E-state index contributed by atoms with van der Waals surface area (Å²) in [6.45, 7) is 3.43. The van der Waals surface area contributed by atoms with Gasteiger partial charge in [-0.05, 0) is 37.8 Å². The van der Waals surface area contributed by atoms with Crippen LogP contribution in [0.3, 0.4) is 0 Å². The van der Waals surface area contributed by atoms with Crippen molar-refractivity contribution in [2.45, 2.75) is 26.2 Å². The number of carbonyl (C=O) groups is 2. The molecule has 1 unspecified atom stereocenters. The van der Waals surface area contributed by atoms with E-state index < -0.39 is 0 Å². The number of thiazole rings is 1. The number of amides is 1. The fourth-order valence-corrected chi connectivity index (χ4v) is 3.41. The normalized spacial score (nSPS) is 16.4. The summed E-state index contributed by atoms with van der Waals surface area (Å²) in [6.07, 6.45) is 4.29. The highest BCUT2D eigenvalue weighted by molar-refractivity contribution is 7.09. The Balaban J connectivity index is 0.000000647. The number of rotatable bonds is 4. The zero-order valence-electron chi connectivity index (χ0n) is 13.6. The second kappa shape index (κ2) is 9.12. The van der Waals surface area contributed by atoms with Crippen LogP contribution in [0.1, 0.15) is 22.8 Å². The molecular weight excluding hydrogens is 326 g/mol. The van der Waals surface area contributed by atoms with Crippen LogP contribution in [0.25, 0.3) is 0 Å². The predicted octanol–water partition coefficient (Wildman–Crippen LogP) is 2.18. The van der Waals surface area contributed by atoms with E-state index in [1.165, 1.54) is 0 Å². The van der Waals surface area contributed by atoms with Gasteiger partial charge >= 0.3 is 0 Å². The monoisotopic (exact) mass is 347 g/mol. The van der Waals surface area contributed by atoms with Crippen molar-refractivity contribution in [2.75, 3.05) is 13.1 Å². The summed E-state index contributed by atoms with van der Waals surface area (Å²) in [7, 11) is 0. The van der Waals surface area contributed by atoms with Gasteiger partial charge in [-0.15, -0.1) is 11.3 Å². The number of aromatic nitrogens is 2. The average Bonchev–Trinajstić information content (AvgIpc) is 3.18. The SMILES string of the molecule is Cc1nc(CC(=O)N2CCC(Cc3ccccn3)C2)cs1.O=CO. The largest absolute Gasteiger partial charge is 0.483 e. The number of carboxylic acid groups (broad SMARTS) is 1. The minimum absolute atomic E-state index is 0.198. The van der Waals surface area contributed by atoms with Crippen LogP contribution in [0.2, 0.25) is 0 Å². The maximum atomic E-state index is 12.3. The van der Waals surface area contributed by atoms with E-state index in [4.69, 9.17) is 9.90 Å². The van der Waals surface area contributed by atoms with E-state index in [-0.39, 0.29) is 12.4 Å². The first-order valence-corrected chi connectivity index (χ1v) is 8.67. The summed E-state index contributed by atoms with van der Waals surface area (Å²) < 4.78 is 0. The van der Waals surface area contributed by atoms with Crippen LogP contribution in [0, 0.1) is 12.8 Å². The molecule has 1 N–H and O–H groups in total. The van der Waals surface area contributed by atoms with Crippen molar-refractivity contribution in [3.63, 3.8) is 0 Å². The number of likely N-dealkylation sites (tertiary alicyclic amines) is 1. The van der Waals surface area contributed by atoms with Crippen molar-refractivity contribution < 1.29 is 14.7 Å². The molecule has 7 heteroatoms. The molecule has 24 heavy (non-hydrogen) atoms. The molecule has 0 aromatic carbocycles. The molecule has 6 nitrogen and oxygen atoms in total. The van der Waals surface area contributed by atoms with Gasteiger partial charge < -0.3 is 10.0 Å². The van der Waals surface area contributed by atoms with Crippen molar-refractivity contribution in [2.24, 2.45) is 5.92 Å². The van der Waals surface area contributed by atoms with Crippen molar-refractivity contribution >= 4 is 23.7 Å². The van der Waals surface area contributed by atoms with Gasteiger partial charge in [0.05, 0.1) is 17.1 Å². The first kappa shape index (κ1) is 18.1. The molecule has 3 rings (SSSR count). The lowest BCUT2D eigenvalue weighted by Gasteiger charge is -2.16. The second-order valence-corrected chi connectivity index (χ2v) is 6.72. The maximum absolute atomic E-state index is 12.3.